The second kappa shape index (κ2) is 9.10. The average Bonchev–Trinajstić information content (AvgIpc) is 3.22. The second-order valence-electron chi connectivity index (χ2n) is 7.34. The first-order valence-corrected chi connectivity index (χ1v) is 11.9. The van der Waals surface area contributed by atoms with Crippen LogP contribution in [0.5, 0.6) is 0 Å². The Balaban J connectivity index is 1.23. The summed E-state index contributed by atoms with van der Waals surface area (Å²) in [4.78, 5) is 18.4. The van der Waals surface area contributed by atoms with Crippen LogP contribution in [-0.4, -0.2) is 27.2 Å². The van der Waals surface area contributed by atoms with E-state index in [2.05, 4.69) is 56.8 Å². The Morgan fingerprint density at radius 2 is 1.62 bits per heavy atom. The summed E-state index contributed by atoms with van der Waals surface area (Å²) in [5.74, 6) is -0.00751. The molecule has 5 rings (SSSR count). The number of anilines is 3. The normalized spacial score (nSPS) is 12.2. The average molecular weight is 460 g/mol. The van der Waals surface area contributed by atoms with E-state index in [1.54, 1.807) is 18.1 Å². The Morgan fingerprint density at radius 3 is 2.25 bits per heavy atom. The monoisotopic (exact) mass is 459 g/mol. The standard InChI is InChI=1S/C24H21N5OS2/c1-28-16-25-27-24(28)31-18-12-10-17(11-13-18)26-23(30)14-15-29-19-6-2-4-8-21(19)32-22-9-5-3-7-20(22)29/h2-13,16H,14-15H2,1H3,(H,26,30). The van der Waals surface area contributed by atoms with Crippen LogP contribution in [0.15, 0.2) is 99.0 Å². The third kappa shape index (κ3) is 4.37. The van der Waals surface area contributed by atoms with Gasteiger partial charge in [-0.15, -0.1) is 10.2 Å². The molecular formula is C24H21N5OS2. The van der Waals surface area contributed by atoms with E-state index in [9.17, 15) is 4.79 Å². The Bertz CT molecular complexity index is 1210. The smallest absolute Gasteiger partial charge is 0.226 e. The Kier molecular flexibility index (Phi) is 5.87. The van der Waals surface area contributed by atoms with Crippen molar-refractivity contribution < 1.29 is 4.79 Å². The first kappa shape index (κ1) is 20.7. The summed E-state index contributed by atoms with van der Waals surface area (Å²) in [6.45, 7) is 0.612. The van der Waals surface area contributed by atoms with Gasteiger partial charge in [0.15, 0.2) is 5.16 Å². The van der Waals surface area contributed by atoms with Gasteiger partial charge < -0.3 is 14.8 Å². The molecule has 8 heteroatoms. The maximum atomic E-state index is 12.7. The van der Waals surface area contributed by atoms with Crippen LogP contribution in [0, 0.1) is 0 Å². The number of nitrogens with one attached hydrogen (secondary N) is 1. The predicted molar refractivity (Wildman–Crippen MR) is 129 cm³/mol. The summed E-state index contributed by atoms with van der Waals surface area (Å²) < 4.78 is 1.87. The van der Waals surface area contributed by atoms with Crippen molar-refractivity contribution in [3.8, 4) is 0 Å². The summed E-state index contributed by atoms with van der Waals surface area (Å²) >= 11 is 3.30. The number of rotatable bonds is 6. The maximum absolute atomic E-state index is 12.7. The minimum absolute atomic E-state index is 0.00751. The number of amides is 1. The zero-order valence-corrected chi connectivity index (χ0v) is 19.1. The van der Waals surface area contributed by atoms with Crippen molar-refractivity contribution >= 4 is 46.5 Å². The van der Waals surface area contributed by atoms with Gasteiger partial charge in [-0.25, -0.2) is 0 Å². The molecule has 0 aliphatic carbocycles. The van der Waals surface area contributed by atoms with Crippen molar-refractivity contribution in [3.05, 3.63) is 79.1 Å². The van der Waals surface area contributed by atoms with Crippen LogP contribution in [0.25, 0.3) is 0 Å². The van der Waals surface area contributed by atoms with Crippen LogP contribution in [0.4, 0.5) is 17.1 Å². The van der Waals surface area contributed by atoms with E-state index in [-0.39, 0.29) is 5.91 Å². The number of carbonyl (C=O) groups is 1. The largest absolute Gasteiger partial charge is 0.339 e. The third-order valence-corrected chi connectivity index (χ3v) is 7.30. The van der Waals surface area contributed by atoms with E-state index in [0.717, 1.165) is 27.1 Å². The Labute approximate surface area is 195 Å². The number of aryl methyl sites for hydroxylation is 1. The number of hydrogen-bond donors (Lipinski definition) is 1. The van der Waals surface area contributed by atoms with Crippen molar-refractivity contribution in [3.63, 3.8) is 0 Å². The molecule has 0 atom stereocenters. The number of fused-ring (bicyclic) bond motifs is 2. The van der Waals surface area contributed by atoms with Gasteiger partial charge in [-0.3, -0.25) is 4.79 Å². The molecule has 3 aromatic carbocycles. The van der Waals surface area contributed by atoms with Crippen LogP contribution in [0.3, 0.4) is 0 Å². The first-order valence-electron chi connectivity index (χ1n) is 10.2. The molecule has 6 nitrogen and oxygen atoms in total. The van der Waals surface area contributed by atoms with Crippen molar-refractivity contribution in [1.29, 1.82) is 0 Å². The van der Waals surface area contributed by atoms with E-state index in [0.29, 0.717) is 13.0 Å². The molecule has 0 unspecified atom stereocenters. The fraction of sp³-hybridized carbons (Fsp3) is 0.125. The van der Waals surface area contributed by atoms with Gasteiger partial charge in [-0.1, -0.05) is 36.0 Å². The molecular weight excluding hydrogens is 438 g/mol. The van der Waals surface area contributed by atoms with Gasteiger partial charge in [-0.2, -0.15) is 0 Å². The highest BCUT2D eigenvalue weighted by molar-refractivity contribution is 7.99. The topological polar surface area (TPSA) is 63.1 Å². The number of aromatic nitrogens is 3. The lowest BCUT2D eigenvalue weighted by atomic mass is 10.2. The molecule has 1 aromatic heterocycles. The van der Waals surface area contributed by atoms with Crippen LogP contribution in [-0.2, 0) is 11.8 Å². The van der Waals surface area contributed by atoms with Crippen molar-refractivity contribution in [2.75, 3.05) is 16.8 Å². The van der Waals surface area contributed by atoms with E-state index in [1.165, 1.54) is 21.6 Å². The fourth-order valence-corrected chi connectivity index (χ4v) is 5.39. The Morgan fingerprint density at radius 1 is 0.969 bits per heavy atom. The van der Waals surface area contributed by atoms with Gasteiger partial charge in [0.25, 0.3) is 0 Å². The maximum Gasteiger partial charge on any atom is 0.226 e. The fourth-order valence-electron chi connectivity index (χ4n) is 3.54. The molecule has 1 aliphatic heterocycles. The minimum atomic E-state index is -0.00751. The van der Waals surface area contributed by atoms with E-state index in [1.807, 2.05) is 48.0 Å². The highest BCUT2D eigenvalue weighted by atomic mass is 32.2. The quantitative estimate of drug-likeness (QED) is 0.405. The second-order valence-corrected chi connectivity index (χ2v) is 9.46. The van der Waals surface area contributed by atoms with Crippen LogP contribution < -0.4 is 10.2 Å². The lowest BCUT2D eigenvalue weighted by Gasteiger charge is -2.32. The molecule has 0 saturated carbocycles. The van der Waals surface area contributed by atoms with Gasteiger partial charge in [0.1, 0.15) is 6.33 Å². The van der Waals surface area contributed by atoms with E-state index < -0.39 is 0 Å². The minimum Gasteiger partial charge on any atom is -0.339 e. The van der Waals surface area contributed by atoms with E-state index >= 15 is 0 Å². The van der Waals surface area contributed by atoms with Crippen molar-refractivity contribution in [2.45, 2.75) is 26.3 Å². The molecule has 32 heavy (non-hydrogen) atoms. The van der Waals surface area contributed by atoms with E-state index in [4.69, 9.17) is 0 Å². The Hall–Kier alpha value is -3.23. The van der Waals surface area contributed by atoms with Crippen molar-refractivity contribution in [1.82, 2.24) is 14.8 Å². The highest BCUT2D eigenvalue weighted by Crippen LogP contribution is 2.47. The highest BCUT2D eigenvalue weighted by Gasteiger charge is 2.23. The number of carbonyl (C=O) groups excluding carboxylic acids is 1. The van der Waals surface area contributed by atoms with Crippen LogP contribution in [0.2, 0.25) is 0 Å². The molecule has 0 bridgehead atoms. The van der Waals surface area contributed by atoms with Crippen molar-refractivity contribution in [2.24, 2.45) is 7.05 Å². The number of hydrogen-bond acceptors (Lipinski definition) is 6. The SMILES string of the molecule is Cn1cnnc1Sc1ccc(NC(=O)CCN2c3ccccc3Sc3ccccc32)cc1. The first-order chi connectivity index (χ1) is 15.7. The molecule has 0 fully saturated rings. The molecule has 2 heterocycles. The number of benzene rings is 3. The summed E-state index contributed by atoms with van der Waals surface area (Å²) in [5.41, 5.74) is 3.08. The molecule has 0 spiro atoms. The summed E-state index contributed by atoms with van der Waals surface area (Å²) in [6, 6.07) is 24.5. The third-order valence-electron chi connectivity index (χ3n) is 5.11. The summed E-state index contributed by atoms with van der Waals surface area (Å²) in [7, 11) is 1.91. The molecule has 160 valence electrons. The summed E-state index contributed by atoms with van der Waals surface area (Å²) in [6.07, 6.45) is 2.07. The van der Waals surface area contributed by atoms with Gasteiger partial charge in [0, 0.05) is 40.4 Å². The lowest BCUT2D eigenvalue weighted by molar-refractivity contribution is -0.116. The zero-order chi connectivity index (χ0) is 21.9. The summed E-state index contributed by atoms with van der Waals surface area (Å²) in [5, 5.41) is 11.8. The molecule has 4 aromatic rings. The molecule has 1 N–H and O–H groups in total. The van der Waals surface area contributed by atoms with Crippen LogP contribution >= 0.6 is 23.5 Å². The van der Waals surface area contributed by atoms with Gasteiger partial charge >= 0.3 is 0 Å². The van der Waals surface area contributed by atoms with Gasteiger partial charge in [0.05, 0.1) is 11.4 Å². The lowest BCUT2D eigenvalue weighted by Crippen LogP contribution is -2.25. The molecule has 0 radical (unpaired) electrons. The predicted octanol–water partition coefficient (Wildman–Crippen LogP) is 5.60. The molecule has 1 amide bonds. The molecule has 0 saturated heterocycles. The van der Waals surface area contributed by atoms with Crippen LogP contribution in [0.1, 0.15) is 6.42 Å². The number of nitrogens with zero attached hydrogens (tertiary/aromatic N) is 4. The van der Waals surface area contributed by atoms with Gasteiger partial charge in [0.2, 0.25) is 5.91 Å². The molecule has 1 aliphatic rings. The zero-order valence-electron chi connectivity index (χ0n) is 17.4. The van der Waals surface area contributed by atoms with Gasteiger partial charge in [-0.05, 0) is 60.3 Å². The number of para-hydroxylation sites is 2.